The number of benzene rings is 3. The van der Waals surface area contributed by atoms with Gasteiger partial charge in [-0.25, -0.2) is 4.79 Å². The van der Waals surface area contributed by atoms with Crippen molar-refractivity contribution in [3.63, 3.8) is 0 Å². The molecule has 0 atom stereocenters. The molecule has 0 saturated heterocycles. The first-order valence-corrected chi connectivity index (χ1v) is 8.40. The molecule has 7 heteroatoms. The van der Waals surface area contributed by atoms with E-state index in [4.69, 9.17) is 25.4 Å². The third-order valence-corrected chi connectivity index (χ3v) is 5.05. The number of esters is 1. The quantitative estimate of drug-likeness (QED) is 0.549. The molecule has 126 valence electrons. The number of hydrogen-bond acceptors (Lipinski definition) is 5. The lowest BCUT2D eigenvalue weighted by atomic mass is 9.77. The van der Waals surface area contributed by atoms with Crippen molar-refractivity contribution in [3.05, 3.63) is 82.9 Å². The van der Waals surface area contributed by atoms with Crippen molar-refractivity contribution in [3.8, 4) is 11.5 Å². The van der Waals surface area contributed by atoms with Gasteiger partial charge in [-0.2, -0.15) is 0 Å². The Morgan fingerprint density at radius 1 is 0.778 bits per heavy atom. The Morgan fingerprint density at radius 2 is 1.37 bits per heavy atom. The van der Waals surface area contributed by atoms with E-state index in [-0.39, 0.29) is 5.97 Å². The summed E-state index contributed by atoms with van der Waals surface area (Å²) >= 11 is 0. The van der Waals surface area contributed by atoms with Gasteiger partial charge in [0.2, 0.25) is 16.0 Å². The van der Waals surface area contributed by atoms with Crippen molar-refractivity contribution in [1.82, 2.24) is 0 Å². The highest BCUT2D eigenvalue weighted by Crippen LogP contribution is 2.56. The Morgan fingerprint density at radius 3 is 1.96 bits per heavy atom. The van der Waals surface area contributed by atoms with E-state index in [1.807, 2.05) is 42.5 Å². The second-order valence-electron chi connectivity index (χ2n) is 6.43. The van der Waals surface area contributed by atoms with Crippen LogP contribution in [0.5, 0.6) is 11.5 Å². The predicted molar refractivity (Wildman–Crippen MR) is 103 cm³/mol. The Labute approximate surface area is 158 Å². The molecule has 1 spiro atoms. The minimum Gasteiger partial charge on any atom is -0.456 e. The zero-order valence-electron chi connectivity index (χ0n) is 14.2. The minimum absolute atomic E-state index is 0.369. The molecule has 5 nitrogen and oxygen atoms in total. The summed E-state index contributed by atoms with van der Waals surface area (Å²) in [6, 6.07) is 18.3. The van der Waals surface area contributed by atoms with Crippen LogP contribution >= 0.6 is 0 Å². The van der Waals surface area contributed by atoms with Crippen molar-refractivity contribution in [2.24, 2.45) is 0 Å². The number of rotatable bonds is 2. The lowest BCUT2D eigenvalue weighted by Gasteiger charge is -2.36. The Bertz CT molecular complexity index is 1050. The second kappa shape index (κ2) is 5.58. The van der Waals surface area contributed by atoms with Gasteiger partial charge in [-0.15, -0.1) is 0 Å². The molecule has 27 heavy (non-hydrogen) atoms. The fourth-order valence-corrected chi connectivity index (χ4v) is 3.86. The largest absolute Gasteiger partial charge is 0.456 e. The van der Waals surface area contributed by atoms with E-state index in [1.54, 1.807) is 18.2 Å². The van der Waals surface area contributed by atoms with Crippen LogP contribution in [0.2, 0.25) is 0 Å². The highest BCUT2D eigenvalue weighted by Gasteiger charge is 2.53. The van der Waals surface area contributed by atoms with Crippen LogP contribution in [0.1, 0.15) is 27.0 Å². The van der Waals surface area contributed by atoms with Gasteiger partial charge in [0.1, 0.15) is 11.5 Å². The fourth-order valence-electron chi connectivity index (χ4n) is 3.86. The zero-order chi connectivity index (χ0) is 18.6. The maximum Gasteiger partial charge on any atom is 0.340 e. The lowest BCUT2D eigenvalue weighted by Crippen LogP contribution is -2.33. The fraction of sp³-hybridized carbons (Fsp3) is 0.0500. The second-order valence-corrected chi connectivity index (χ2v) is 6.43. The number of carbonyl (C=O) groups excluding carboxylic acids is 1. The molecule has 0 saturated carbocycles. The summed E-state index contributed by atoms with van der Waals surface area (Å²) in [6.07, 6.45) is 0. The number of hydrogen-bond donors (Lipinski definition) is 2. The molecule has 4 radical (unpaired) electrons. The Kier molecular flexibility index (Phi) is 3.28. The predicted octanol–water partition coefficient (Wildman–Crippen LogP) is 3.25. The zero-order valence-corrected chi connectivity index (χ0v) is 14.2. The van der Waals surface area contributed by atoms with Crippen molar-refractivity contribution in [2.45, 2.75) is 5.60 Å². The molecule has 5 rings (SSSR count). The number of anilines is 2. The van der Waals surface area contributed by atoms with Crippen LogP contribution in [-0.4, -0.2) is 21.9 Å². The standard InChI is InChI=1S/C20H12B2N2O3/c21-23-11-5-7-15-17(9-11)26-18-10-12(24-22)6-8-16(18)20(15)14-4-2-1-3-13(14)19(25)27-20/h1-10,23-24H. The van der Waals surface area contributed by atoms with E-state index in [2.05, 4.69) is 10.5 Å². The van der Waals surface area contributed by atoms with E-state index in [0.717, 1.165) is 16.7 Å². The number of ether oxygens (including phenoxy) is 2. The first-order valence-electron chi connectivity index (χ1n) is 8.40. The smallest absolute Gasteiger partial charge is 0.340 e. The van der Waals surface area contributed by atoms with Crippen LogP contribution in [0.25, 0.3) is 0 Å². The van der Waals surface area contributed by atoms with E-state index >= 15 is 0 Å². The minimum atomic E-state index is -1.09. The molecule has 0 aromatic heterocycles. The summed E-state index contributed by atoms with van der Waals surface area (Å²) in [6.45, 7) is 0. The molecule has 2 aliphatic heterocycles. The van der Waals surface area contributed by atoms with Crippen molar-refractivity contribution in [1.29, 1.82) is 0 Å². The molecule has 0 bridgehead atoms. The van der Waals surface area contributed by atoms with Gasteiger partial charge in [-0.05, 0) is 30.3 Å². The summed E-state index contributed by atoms with van der Waals surface area (Å²) in [5, 5.41) is 5.22. The summed E-state index contributed by atoms with van der Waals surface area (Å²) < 4.78 is 12.2. The third-order valence-electron chi connectivity index (χ3n) is 5.05. The number of nitrogens with one attached hydrogen (secondary N) is 2. The van der Waals surface area contributed by atoms with Crippen molar-refractivity contribution in [2.75, 3.05) is 10.5 Å². The molecular formula is C20H12B2N2O3. The van der Waals surface area contributed by atoms with Crippen molar-refractivity contribution >= 4 is 33.3 Å². The molecule has 3 aromatic rings. The average Bonchev–Trinajstić information content (AvgIpc) is 3.01. The molecule has 2 heterocycles. The van der Waals surface area contributed by atoms with Crippen LogP contribution in [0.4, 0.5) is 11.4 Å². The van der Waals surface area contributed by atoms with Gasteiger partial charge >= 0.3 is 5.97 Å². The maximum absolute atomic E-state index is 12.7. The van der Waals surface area contributed by atoms with E-state index in [0.29, 0.717) is 28.4 Å². The van der Waals surface area contributed by atoms with Crippen LogP contribution in [0, 0.1) is 0 Å². The lowest BCUT2D eigenvalue weighted by molar-refractivity contribution is 0.0224. The van der Waals surface area contributed by atoms with Crippen LogP contribution in [0.3, 0.4) is 0 Å². The summed E-state index contributed by atoms with van der Waals surface area (Å²) in [5.74, 6) is 0.736. The maximum atomic E-state index is 12.7. The molecule has 0 unspecified atom stereocenters. The normalized spacial score (nSPS) is 15.2. The highest BCUT2D eigenvalue weighted by atomic mass is 16.6. The van der Waals surface area contributed by atoms with Crippen LogP contribution < -0.4 is 15.2 Å². The molecular weight excluding hydrogens is 338 g/mol. The third kappa shape index (κ3) is 2.05. The molecule has 0 aliphatic carbocycles. The van der Waals surface area contributed by atoms with Gasteiger partial charge in [0.25, 0.3) is 0 Å². The molecule has 2 N–H and O–H groups in total. The number of fused-ring (bicyclic) bond motifs is 6. The summed E-state index contributed by atoms with van der Waals surface area (Å²) in [4.78, 5) is 12.7. The van der Waals surface area contributed by atoms with Gasteiger partial charge < -0.3 is 19.9 Å². The van der Waals surface area contributed by atoms with Crippen LogP contribution in [-0.2, 0) is 10.3 Å². The Balaban J connectivity index is 1.86. The van der Waals surface area contributed by atoms with Gasteiger partial charge in [0.15, 0.2) is 5.60 Å². The first-order chi connectivity index (χ1) is 13.2. The topological polar surface area (TPSA) is 59.6 Å². The summed E-state index contributed by atoms with van der Waals surface area (Å²) in [5.41, 5.74) is 3.07. The number of carbonyl (C=O) groups is 1. The van der Waals surface area contributed by atoms with E-state index in [1.165, 1.54) is 0 Å². The monoisotopic (exact) mass is 350 g/mol. The van der Waals surface area contributed by atoms with Gasteiger partial charge in [-0.1, -0.05) is 18.2 Å². The Hall–Kier alpha value is -3.34. The highest BCUT2D eigenvalue weighted by molar-refractivity contribution is 6.16. The van der Waals surface area contributed by atoms with Crippen LogP contribution in [0.15, 0.2) is 60.7 Å². The van der Waals surface area contributed by atoms with Gasteiger partial charge in [-0.3, -0.25) is 0 Å². The van der Waals surface area contributed by atoms with Gasteiger partial charge in [0.05, 0.1) is 5.56 Å². The SMILES string of the molecule is [B]Nc1ccc2c(c1)Oc1cc(N[B])ccc1C21OC(=O)c2ccccc21. The first kappa shape index (κ1) is 15.9. The molecule has 0 fully saturated rings. The average molecular weight is 350 g/mol. The van der Waals surface area contributed by atoms with Gasteiger partial charge in [0, 0.05) is 40.2 Å². The van der Waals surface area contributed by atoms with Crippen molar-refractivity contribution < 1.29 is 14.3 Å². The molecule has 3 aromatic carbocycles. The van der Waals surface area contributed by atoms with E-state index < -0.39 is 5.60 Å². The molecule has 0 amide bonds. The molecule has 2 aliphatic rings. The van der Waals surface area contributed by atoms with E-state index in [9.17, 15) is 4.79 Å². The summed E-state index contributed by atoms with van der Waals surface area (Å²) in [7, 11) is 11.1.